The highest BCUT2D eigenvalue weighted by atomic mass is 35.5. The molecule has 0 spiro atoms. The minimum Gasteiger partial charge on any atom is -0.330 e. The topological polar surface area (TPSA) is 46.6 Å². The van der Waals surface area contributed by atoms with E-state index >= 15 is 0 Å². The Hall–Kier alpha value is -0.770. The first-order valence-electron chi connectivity index (χ1n) is 3.33. The number of rotatable bonds is 0. The molecule has 0 aromatic carbocycles. The number of carbonyl (C=O) groups excluding carboxylic acids is 2. The van der Waals surface area contributed by atoms with E-state index in [-0.39, 0.29) is 5.78 Å². The number of Topliss-reactive ketones (excluding diaryl/α,β-unsaturated/α-hetero) is 1. The number of likely N-dealkylation sites (tertiary alicyclic amines) is 1. The lowest BCUT2D eigenvalue weighted by molar-refractivity contribution is -0.121. The van der Waals surface area contributed by atoms with Crippen LogP contribution in [0.1, 0.15) is 12.8 Å². The van der Waals surface area contributed by atoms with E-state index in [1.807, 2.05) is 0 Å². The van der Waals surface area contributed by atoms with Crippen LogP contribution in [0.4, 0.5) is 4.79 Å². The molecule has 0 atom stereocenters. The number of hydrogen-bond donors (Lipinski definition) is 0. The summed E-state index contributed by atoms with van der Waals surface area (Å²) in [4.78, 5) is 22.9. The fourth-order valence-electron chi connectivity index (χ4n) is 0.987. The van der Waals surface area contributed by atoms with Gasteiger partial charge < -0.3 is 9.19 Å². The smallest absolute Gasteiger partial charge is 0.330 e. The van der Waals surface area contributed by atoms with Gasteiger partial charge in [0.1, 0.15) is 17.6 Å². The summed E-state index contributed by atoms with van der Waals surface area (Å²) in [5.74, 6) is 0.184. The molecular formula is C6H8ClNO3. The van der Waals surface area contributed by atoms with Crippen LogP contribution < -0.4 is 0 Å². The standard InChI is InChI=1S/C6H8ClNO3/c7-11-6(10)8-3-1-5(9)2-4-8/h1-4H2. The molecule has 0 radical (unpaired) electrons. The van der Waals surface area contributed by atoms with E-state index in [2.05, 4.69) is 4.29 Å². The van der Waals surface area contributed by atoms with Gasteiger partial charge >= 0.3 is 6.09 Å². The molecule has 0 unspecified atom stereocenters. The van der Waals surface area contributed by atoms with Crippen LogP contribution in [0.2, 0.25) is 0 Å². The van der Waals surface area contributed by atoms with Gasteiger partial charge in [0.25, 0.3) is 0 Å². The highest BCUT2D eigenvalue weighted by Gasteiger charge is 2.21. The van der Waals surface area contributed by atoms with Gasteiger partial charge in [-0.3, -0.25) is 4.79 Å². The van der Waals surface area contributed by atoms with Crippen LogP contribution >= 0.6 is 11.9 Å². The second-order valence-electron chi connectivity index (χ2n) is 2.37. The predicted octanol–water partition coefficient (Wildman–Crippen LogP) is 0.942. The number of halogens is 1. The number of carbonyl (C=O) groups is 2. The van der Waals surface area contributed by atoms with Gasteiger partial charge in [-0.1, -0.05) is 0 Å². The van der Waals surface area contributed by atoms with Crippen LogP contribution in [0.25, 0.3) is 0 Å². The van der Waals surface area contributed by atoms with Gasteiger partial charge in [0.15, 0.2) is 0 Å². The Morgan fingerprint density at radius 2 is 2.00 bits per heavy atom. The van der Waals surface area contributed by atoms with Gasteiger partial charge in [0.05, 0.1) is 0 Å². The average molecular weight is 178 g/mol. The SMILES string of the molecule is O=C1CCN(C(=O)OCl)CC1. The number of ketones is 1. The third kappa shape index (κ3) is 2.08. The molecule has 1 heterocycles. The maximum absolute atomic E-state index is 10.7. The zero-order chi connectivity index (χ0) is 8.27. The van der Waals surface area contributed by atoms with E-state index in [4.69, 9.17) is 11.9 Å². The predicted molar refractivity (Wildman–Crippen MR) is 38.1 cm³/mol. The van der Waals surface area contributed by atoms with E-state index < -0.39 is 6.09 Å². The van der Waals surface area contributed by atoms with Gasteiger partial charge in [0.2, 0.25) is 0 Å². The Balaban J connectivity index is 2.39. The second-order valence-corrected chi connectivity index (χ2v) is 2.52. The van der Waals surface area contributed by atoms with Crippen LogP contribution in [0.3, 0.4) is 0 Å². The largest absolute Gasteiger partial charge is 0.428 e. The fourth-order valence-corrected chi connectivity index (χ4v) is 1.09. The van der Waals surface area contributed by atoms with Crippen molar-refractivity contribution in [3.8, 4) is 0 Å². The fraction of sp³-hybridized carbons (Fsp3) is 0.667. The summed E-state index contributed by atoms with van der Waals surface area (Å²) in [6, 6.07) is 0. The molecule has 0 bridgehead atoms. The summed E-state index contributed by atoms with van der Waals surface area (Å²) in [6.45, 7) is 0.842. The highest BCUT2D eigenvalue weighted by molar-refractivity contribution is 6.12. The van der Waals surface area contributed by atoms with Crippen LogP contribution in [-0.2, 0) is 9.08 Å². The Morgan fingerprint density at radius 3 is 2.45 bits per heavy atom. The Bertz CT molecular complexity index is 173. The Kier molecular flexibility index (Phi) is 2.70. The number of amides is 1. The number of nitrogens with zero attached hydrogens (tertiary/aromatic N) is 1. The molecule has 5 heteroatoms. The van der Waals surface area contributed by atoms with E-state index in [0.717, 1.165) is 0 Å². The van der Waals surface area contributed by atoms with Gasteiger partial charge in [-0.15, -0.1) is 0 Å². The van der Waals surface area contributed by atoms with Crippen LogP contribution in [-0.4, -0.2) is 29.9 Å². The molecule has 11 heavy (non-hydrogen) atoms. The van der Waals surface area contributed by atoms with Crippen molar-refractivity contribution in [2.45, 2.75) is 12.8 Å². The van der Waals surface area contributed by atoms with Crippen LogP contribution in [0.15, 0.2) is 0 Å². The first-order valence-corrected chi connectivity index (χ1v) is 3.64. The van der Waals surface area contributed by atoms with Crippen molar-refractivity contribution in [3.05, 3.63) is 0 Å². The molecule has 1 amide bonds. The highest BCUT2D eigenvalue weighted by Crippen LogP contribution is 2.07. The van der Waals surface area contributed by atoms with Crippen molar-refractivity contribution in [2.24, 2.45) is 0 Å². The molecule has 4 nitrogen and oxygen atoms in total. The molecule has 1 fully saturated rings. The Labute approximate surface area is 69.2 Å². The summed E-state index contributed by atoms with van der Waals surface area (Å²) in [7, 11) is 0. The summed E-state index contributed by atoms with van der Waals surface area (Å²) >= 11 is 4.85. The van der Waals surface area contributed by atoms with E-state index in [0.29, 0.717) is 25.9 Å². The number of piperidine rings is 1. The zero-order valence-electron chi connectivity index (χ0n) is 5.88. The average Bonchev–Trinajstić information content (AvgIpc) is 2.05. The summed E-state index contributed by atoms with van der Waals surface area (Å²) < 4.78 is 3.97. The molecule has 0 saturated carbocycles. The van der Waals surface area contributed by atoms with Gasteiger partial charge in [-0.05, 0) is 0 Å². The van der Waals surface area contributed by atoms with Crippen LogP contribution in [0.5, 0.6) is 0 Å². The molecule has 1 saturated heterocycles. The third-order valence-corrected chi connectivity index (χ3v) is 1.78. The molecule has 62 valence electrons. The lowest BCUT2D eigenvalue weighted by Gasteiger charge is -2.23. The van der Waals surface area contributed by atoms with E-state index in [9.17, 15) is 9.59 Å². The first kappa shape index (κ1) is 8.33. The van der Waals surface area contributed by atoms with Gasteiger partial charge in [-0.25, -0.2) is 4.79 Å². The van der Waals surface area contributed by atoms with Gasteiger partial charge in [-0.2, -0.15) is 0 Å². The van der Waals surface area contributed by atoms with Crippen molar-refractivity contribution >= 4 is 23.7 Å². The Morgan fingerprint density at radius 1 is 1.45 bits per heavy atom. The first-order chi connectivity index (χ1) is 5.24. The molecule has 0 N–H and O–H groups in total. The maximum atomic E-state index is 10.7. The number of hydrogen-bond acceptors (Lipinski definition) is 3. The molecule has 1 rings (SSSR count). The summed E-state index contributed by atoms with van der Waals surface area (Å²) in [5, 5.41) is 0. The summed E-state index contributed by atoms with van der Waals surface area (Å²) in [5.41, 5.74) is 0. The molecule has 0 aliphatic carbocycles. The molecular weight excluding hydrogens is 170 g/mol. The minimum absolute atomic E-state index is 0.184. The second kappa shape index (κ2) is 3.57. The van der Waals surface area contributed by atoms with Gasteiger partial charge in [0, 0.05) is 25.9 Å². The van der Waals surface area contributed by atoms with Crippen molar-refractivity contribution < 1.29 is 13.9 Å². The maximum Gasteiger partial charge on any atom is 0.428 e. The van der Waals surface area contributed by atoms with E-state index in [1.165, 1.54) is 4.90 Å². The van der Waals surface area contributed by atoms with E-state index in [1.54, 1.807) is 0 Å². The quantitative estimate of drug-likeness (QED) is 0.553. The lowest BCUT2D eigenvalue weighted by atomic mass is 10.1. The summed E-state index contributed by atoms with van der Waals surface area (Å²) in [6.07, 6.45) is 0.247. The third-order valence-electron chi connectivity index (χ3n) is 1.65. The minimum atomic E-state index is -0.570. The molecule has 1 aliphatic heterocycles. The molecule has 0 aromatic rings. The lowest BCUT2D eigenvalue weighted by Crippen LogP contribution is -2.37. The monoisotopic (exact) mass is 177 g/mol. The normalized spacial score (nSPS) is 18.3. The van der Waals surface area contributed by atoms with Crippen LogP contribution in [0, 0.1) is 0 Å². The molecule has 0 aromatic heterocycles. The zero-order valence-corrected chi connectivity index (χ0v) is 6.63. The van der Waals surface area contributed by atoms with Crippen molar-refractivity contribution in [3.63, 3.8) is 0 Å². The van der Waals surface area contributed by atoms with Crippen molar-refractivity contribution in [1.82, 2.24) is 4.90 Å². The van der Waals surface area contributed by atoms with Crippen molar-refractivity contribution in [2.75, 3.05) is 13.1 Å². The van der Waals surface area contributed by atoms with Crippen molar-refractivity contribution in [1.29, 1.82) is 0 Å². The molecule has 1 aliphatic rings.